The van der Waals surface area contributed by atoms with Gasteiger partial charge < -0.3 is 0 Å². The molecule has 2 heterocycles. The van der Waals surface area contributed by atoms with Gasteiger partial charge in [-0.3, -0.25) is 9.78 Å². The van der Waals surface area contributed by atoms with Crippen molar-refractivity contribution < 1.29 is 4.79 Å². The third kappa shape index (κ3) is 2.94. The molecule has 0 atom stereocenters. The van der Waals surface area contributed by atoms with Crippen molar-refractivity contribution >= 4 is 28.1 Å². The Balaban J connectivity index is 1.56. The molecule has 0 fully saturated rings. The molecule has 2 aromatic carbocycles. The van der Waals surface area contributed by atoms with Crippen LogP contribution in [-0.2, 0) is 6.42 Å². The number of pyridine rings is 1. The van der Waals surface area contributed by atoms with E-state index >= 15 is 0 Å². The van der Waals surface area contributed by atoms with Gasteiger partial charge in [0.15, 0.2) is 11.6 Å². The van der Waals surface area contributed by atoms with Crippen LogP contribution >= 0.6 is 11.5 Å². The van der Waals surface area contributed by atoms with Crippen molar-refractivity contribution in [1.82, 2.24) is 14.3 Å². The van der Waals surface area contributed by atoms with E-state index in [9.17, 15) is 4.79 Å². The lowest BCUT2D eigenvalue weighted by molar-refractivity contribution is 0.0993. The Labute approximate surface area is 143 Å². The largest absolute Gasteiger partial charge is 0.294 e. The van der Waals surface area contributed by atoms with Crippen molar-refractivity contribution in [1.29, 1.82) is 0 Å². The van der Waals surface area contributed by atoms with Crippen LogP contribution in [0.15, 0.2) is 66.9 Å². The first kappa shape index (κ1) is 14.7. The summed E-state index contributed by atoms with van der Waals surface area (Å²) in [5.41, 5.74) is 1.42. The standard InChI is InChI=1S/C19H13N3OS/c23-17(15-9-8-13-5-1-2-6-14(13)11-15)12-18-21-19(22-24-18)16-7-3-4-10-20-16/h1-11H,12H2. The first-order valence-electron chi connectivity index (χ1n) is 7.55. The second-order valence-corrected chi connectivity index (χ2v) is 6.22. The van der Waals surface area contributed by atoms with Crippen LogP contribution in [0.5, 0.6) is 0 Å². The molecule has 4 nitrogen and oxygen atoms in total. The molecule has 4 rings (SSSR count). The quantitative estimate of drug-likeness (QED) is 0.526. The summed E-state index contributed by atoms with van der Waals surface area (Å²) < 4.78 is 4.30. The number of ketones is 1. The molecular weight excluding hydrogens is 318 g/mol. The molecule has 0 radical (unpaired) electrons. The van der Waals surface area contributed by atoms with Gasteiger partial charge in [0.2, 0.25) is 0 Å². The van der Waals surface area contributed by atoms with Gasteiger partial charge in [-0.15, -0.1) is 0 Å². The Kier molecular flexibility index (Phi) is 3.84. The minimum atomic E-state index is 0.0458. The topological polar surface area (TPSA) is 55.7 Å². The first-order valence-corrected chi connectivity index (χ1v) is 8.33. The Morgan fingerprint density at radius 3 is 2.62 bits per heavy atom. The highest BCUT2D eigenvalue weighted by Crippen LogP contribution is 2.19. The molecule has 0 saturated carbocycles. The molecule has 4 aromatic rings. The van der Waals surface area contributed by atoms with Crippen LogP contribution < -0.4 is 0 Å². The van der Waals surface area contributed by atoms with Crippen molar-refractivity contribution in [3.05, 3.63) is 77.4 Å². The van der Waals surface area contributed by atoms with Gasteiger partial charge in [0.25, 0.3) is 0 Å². The summed E-state index contributed by atoms with van der Waals surface area (Å²) in [6.45, 7) is 0. The molecule has 0 saturated heterocycles. The van der Waals surface area contributed by atoms with Crippen molar-refractivity contribution in [3.63, 3.8) is 0 Å². The Morgan fingerprint density at radius 1 is 0.958 bits per heavy atom. The average Bonchev–Trinajstić information content (AvgIpc) is 3.10. The van der Waals surface area contributed by atoms with E-state index in [0.29, 0.717) is 16.4 Å². The number of carbonyl (C=O) groups is 1. The zero-order valence-electron chi connectivity index (χ0n) is 12.7. The minimum absolute atomic E-state index is 0.0458. The minimum Gasteiger partial charge on any atom is -0.294 e. The molecule has 2 aromatic heterocycles. The molecule has 0 N–H and O–H groups in total. The highest BCUT2D eigenvalue weighted by atomic mass is 32.1. The van der Waals surface area contributed by atoms with Gasteiger partial charge in [-0.25, -0.2) is 4.98 Å². The number of hydrogen-bond donors (Lipinski definition) is 0. The molecule has 24 heavy (non-hydrogen) atoms. The average molecular weight is 331 g/mol. The number of hydrogen-bond acceptors (Lipinski definition) is 5. The number of aromatic nitrogens is 3. The predicted octanol–water partition coefficient (Wildman–Crippen LogP) is 4.18. The third-order valence-electron chi connectivity index (χ3n) is 3.75. The van der Waals surface area contributed by atoms with E-state index in [4.69, 9.17) is 0 Å². The molecule has 0 aliphatic rings. The number of nitrogens with zero attached hydrogens (tertiary/aromatic N) is 3. The zero-order chi connectivity index (χ0) is 16.4. The lowest BCUT2D eigenvalue weighted by Crippen LogP contribution is -2.03. The Hall–Kier alpha value is -2.92. The predicted molar refractivity (Wildman–Crippen MR) is 95.1 cm³/mol. The van der Waals surface area contributed by atoms with E-state index in [1.54, 1.807) is 6.20 Å². The highest BCUT2D eigenvalue weighted by Gasteiger charge is 2.13. The fourth-order valence-electron chi connectivity index (χ4n) is 2.53. The number of carbonyl (C=O) groups excluding carboxylic acids is 1. The second kappa shape index (κ2) is 6.29. The van der Waals surface area contributed by atoms with Gasteiger partial charge in [0.1, 0.15) is 10.7 Å². The summed E-state index contributed by atoms with van der Waals surface area (Å²) >= 11 is 1.25. The number of fused-ring (bicyclic) bond motifs is 1. The van der Waals surface area contributed by atoms with Crippen molar-refractivity contribution in [2.24, 2.45) is 0 Å². The Morgan fingerprint density at radius 2 is 1.79 bits per heavy atom. The van der Waals surface area contributed by atoms with Crippen LogP contribution in [0.3, 0.4) is 0 Å². The van der Waals surface area contributed by atoms with Crippen molar-refractivity contribution in [3.8, 4) is 11.5 Å². The van der Waals surface area contributed by atoms with E-state index in [0.717, 1.165) is 16.5 Å². The van der Waals surface area contributed by atoms with E-state index in [1.165, 1.54) is 11.5 Å². The maximum Gasteiger partial charge on any atom is 0.191 e. The molecule has 0 unspecified atom stereocenters. The van der Waals surface area contributed by atoms with E-state index in [2.05, 4.69) is 14.3 Å². The second-order valence-electron chi connectivity index (χ2n) is 5.39. The van der Waals surface area contributed by atoms with Gasteiger partial charge in [-0.2, -0.15) is 4.37 Å². The molecule has 0 aliphatic heterocycles. The van der Waals surface area contributed by atoms with Crippen LogP contribution in [0.25, 0.3) is 22.3 Å². The van der Waals surface area contributed by atoms with E-state index in [-0.39, 0.29) is 12.2 Å². The third-order valence-corrected chi connectivity index (χ3v) is 4.46. The molecule has 116 valence electrons. The highest BCUT2D eigenvalue weighted by molar-refractivity contribution is 7.05. The van der Waals surface area contributed by atoms with Crippen LogP contribution in [0.2, 0.25) is 0 Å². The summed E-state index contributed by atoms with van der Waals surface area (Å²) in [6.07, 6.45) is 1.96. The van der Waals surface area contributed by atoms with Crippen molar-refractivity contribution in [2.75, 3.05) is 0 Å². The molecule has 0 spiro atoms. The van der Waals surface area contributed by atoms with Gasteiger partial charge in [0, 0.05) is 11.8 Å². The SMILES string of the molecule is O=C(Cc1nc(-c2ccccn2)ns1)c1ccc2ccccc2c1. The summed E-state index contributed by atoms with van der Waals surface area (Å²) in [6, 6.07) is 19.4. The monoisotopic (exact) mass is 331 g/mol. The van der Waals surface area contributed by atoms with Gasteiger partial charge >= 0.3 is 0 Å². The van der Waals surface area contributed by atoms with Gasteiger partial charge in [0.05, 0.1) is 6.42 Å². The maximum atomic E-state index is 12.5. The zero-order valence-corrected chi connectivity index (χ0v) is 13.5. The maximum absolute atomic E-state index is 12.5. The summed E-state index contributed by atoms with van der Waals surface area (Å²) in [5.74, 6) is 0.617. The van der Waals surface area contributed by atoms with Crippen LogP contribution in [0.1, 0.15) is 15.4 Å². The number of benzene rings is 2. The molecular formula is C19H13N3OS. The van der Waals surface area contributed by atoms with Crippen LogP contribution in [0, 0.1) is 0 Å². The lowest BCUT2D eigenvalue weighted by atomic mass is 10.0. The fourth-order valence-corrected chi connectivity index (χ4v) is 3.18. The fraction of sp³-hybridized carbons (Fsp3) is 0.0526. The van der Waals surface area contributed by atoms with Gasteiger partial charge in [-0.1, -0.05) is 42.5 Å². The molecule has 0 amide bonds. The smallest absolute Gasteiger partial charge is 0.191 e. The number of rotatable bonds is 4. The molecule has 5 heteroatoms. The van der Waals surface area contributed by atoms with Crippen LogP contribution in [0.4, 0.5) is 0 Å². The molecule has 0 bridgehead atoms. The number of Topliss-reactive ketones (excluding diaryl/α,β-unsaturated/α-hetero) is 1. The van der Waals surface area contributed by atoms with Gasteiger partial charge in [-0.05, 0) is 40.5 Å². The summed E-state index contributed by atoms with van der Waals surface area (Å²) in [7, 11) is 0. The summed E-state index contributed by atoms with van der Waals surface area (Å²) in [4.78, 5) is 21.2. The first-order chi connectivity index (χ1) is 11.8. The molecule has 0 aliphatic carbocycles. The normalized spacial score (nSPS) is 10.8. The summed E-state index contributed by atoms with van der Waals surface area (Å²) in [5, 5.41) is 2.89. The van der Waals surface area contributed by atoms with E-state index in [1.807, 2.05) is 60.7 Å². The van der Waals surface area contributed by atoms with Crippen LogP contribution in [-0.4, -0.2) is 20.1 Å². The Bertz CT molecular complexity index is 1010. The van der Waals surface area contributed by atoms with Crippen molar-refractivity contribution in [2.45, 2.75) is 6.42 Å². The lowest BCUT2D eigenvalue weighted by Gasteiger charge is -2.02. The van der Waals surface area contributed by atoms with E-state index < -0.39 is 0 Å².